The molecule has 0 spiro atoms. The second-order valence-corrected chi connectivity index (χ2v) is 5.29. The summed E-state index contributed by atoms with van der Waals surface area (Å²) in [4.78, 5) is 4.45. The predicted octanol–water partition coefficient (Wildman–Crippen LogP) is 2.37. The molecule has 3 aromatic heterocycles. The molecule has 0 aromatic carbocycles. The highest BCUT2D eigenvalue weighted by atomic mass is 32.1. The lowest BCUT2D eigenvalue weighted by atomic mass is 10.1. The second kappa shape index (κ2) is 4.58. The third-order valence-electron chi connectivity index (χ3n) is 3.07. The summed E-state index contributed by atoms with van der Waals surface area (Å²) in [5, 5.41) is 12.6. The van der Waals surface area contributed by atoms with Crippen LogP contribution in [0.4, 0.5) is 5.00 Å². The molecule has 3 heterocycles. The Morgan fingerprint density at radius 3 is 2.89 bits per heavy atom. The molecule has 0 aliphatic carbocycles. The minimum Gasteiger partial charge on any atom is -0.368 e. The number of aryl methyl sites for hydroxylation is 2. The van der Waals surface area contributed by atoms with Gasteiger partial charge < -0.3 is 5.32 Å². The first-order valence-corrected chi connectivity index (χ1v) is 6.78. The molecule has 0 bridgehead atoms. The zero-order chi connectivity index (χ0) is 13.4. The average Bonchev–Trinajstić information content (AvgIpc) is 2.98. The van der Waals surface area contributed by atoms with E-state index in [9.17, 15) is 0 Å². The van der Waals surface area contributed by atoms with Gasteiger partial charge in [-0.1, -0.05) is 4.49 Å². The van der Waals surface area contributed by atoms with Crippen molar-refractivity contribution in [1.82, 2.24) is 24.2 Å². The summed E-state index contributed by atoms with van der Waals surface area (Å²) in [7, 11) is 0. The van der Waals surface area contributed by atoms with E-state index in [1.54, 1.807) is 6.20 Å². The van der Waals surface area contributed by atoms with Crippen molar-refractivity contribution in [1.29, 1.82) is 0 Å². The lowest BCUT2D eigenvalue weighted by molar-refractivity contribution is 0.799. The monoisotopic (exact) mass is 274 g/mol. The predicted molar refractivity (Wildman–Crippen MR) is 74.4 cm³/mol. The third kappa shape index (κ3) is 2.17. The van der Waals surface area contributed by atoms with Gasteiger partial charge in [-0.15, -0.1) is 5.10 Å². The van der Waals surface area contributed by atoms with Crippen molar-refractivity contribution < 1.29 is 0 Å². The van der Waals surface area contributed by atoms with Gasteiger partial charge in [0.25, 0.3) is 0 Å². The van der Waals surface area contributed by atoms with Gasteiger partial charge in [0.2, 0.25) is 0 Å². The van der Waals surface area contributed by atoms with E-state index in [4.69, 9.17) is 0 Å². The van der Waals surface area contributed by atoms with Crippen LogP contribution in [0.15, 0.2) is 18.5 Å². The number of hydrogen-bond acceptors (Lipinski definition) is 6. The molecule has 0 saturated heterocycles. The Balaban J connectivity index is 1.97. The Bertz CT molecular complexity index is 702. The van der Waals surface area contributed by atoms with E-state index >= 15 is 0 Å². The molecule has 1 N–H and O–H groups in total. The van der Waals surface area contributed by atoms with Crippen LogP contribution in [-0.2, 0) is 0 Å². The maximum absolute atomic E-state index is 4.46. The van der Waals surface area contributed by atoms with Crippen LogP contribution in [0.1, 0.15) is 29.9 Å². The Kier molecular flexibility index (Phi) is 2.90. The fraction of sp³-hybridized carbons (Fsp3) is 0.333. The first-order valence-electron chi connectivity index (χ1n) is 6.01. The maximum atomic E-state index is 4.46. The number of nitrogens with zero attached hydrogens (tertiary/aromatic N) is 5. The van der Waals surface area contributed by atoms with Crippen LogP contribution < -0.4 is 5.32 Å². The SMILES string of the molecule is Cc1cc2ncc(C(C)Nc3cnns3)c(C)n2n1. The van der Waals surface area contributed by atoms with Crippen LogP contribution in [0.25, 0.3) is 5.65 Å². The summed E-state index contributed by atoms with van der Waals surface area (Å²) >= 11 is 1.34. The molecule has 3 aromatic rings. The standard InChI is InChI=1S/C12H14N6S/c1-7-4-11-13-5-10(9(3)18(11)16-7)8(2)15-12-6-14-17-19-12/h4-6,8,15H,1-3H3. The fourth-order valence-corrected chi connectivity index (χ4v) is 2.63. The Morgan fingerprint density at radius 1 is 1.32 bits per heavy atom. The zero-order valence-electron chi connectivity index (χ0n) is 11.0. The molecule has 1 unspecified atom stereocenters. The van der Waals surface area contributed by atoms with Gasteiger partial charge >= 0.3 is 0 Å². The van der Waals surface area contributed by atoms with Gasteiger partial charge in [0.05, 0.1) is 17.9 Å². The highest BCUT2D eigenvalue weighted by Crippen LogP contribution is 2.23. The summed E-state index contributed by atoms with van der Waals surface area (Å²) in [6.45, 7) is 6.12. The molecule has 0 saturated carbocycles. The van der Waals surface area contributed by atoms with Crippen LogP contribution >= 0.6 is 11.5 Å². The van der Waals surface area contributed by atoms with Gasteiger partial charge in [0.15, 0.2) is 5.65 Å². The summed E-state index contributed by atoms with van der Waals surface area (Å²) < 4.78 is 5.72. The number of nitrogens with one attached hydrogen (secondary N) is 1. The van der Waals surface area contributed by atoms with E-state index in [1.807, 2.05) is 23.7 Å². The Labute approximate surface area is 114 Å². The quantitative estimate of drug-likeness (QED) is 0.794. The van der Waals surface area contributed by atoms with E-state index in [0.29, 0.717) is 0 Å². The Morgan fingerprint density at radius 2 is 2.16 bits per heavy atom. The number of aromatic nitrogens is 5. The van der Waals surface area contributed by atoms with Crippen LogP contribution in [-0.4, -0.2) is 24.2 Å². The highest BCUT2D eigenvalue weighted by molar-refractivity contribution is 7.09. The molecule has 0 amide bonds. The topological polar surface area (TPSA) is 68.0 Å². The zero-order valence-corrected chi connectivity index (χ0v) is 11.8. The molecule has 1 atom stereocenters. The normalized spacial score (nSPS) is 12.8. The van der Waals surface area contributed by atoms with Crippen molar-refractivity contribution in [2.45, 2.75) is 26.8 Å². The lowest BCUT2D eigenvalue weighted by Crippen LogP contribution is -2.11. The lowest BCUT2D eigenvalue weighted by Gasteiger charge is -2.16. The van der Waals surface area contributed by atoms with Crippen LogP contribution in [0.2, 0.25) is 0 Å². The van der Waals surface area contributed by atoms with E-state index in [2.05, 4.69) is 38.8 Å². The van der Waals surface area contributed by atoms with Crippen LogP contribution in [0.3, 0.4) is 0 Å². The number of rotatable bonds is 3. The Hall–Kier alpha value is -2.02. The summed E-state index contributed by atoms with van der Waals surface area (Å²) in [5.74, 6) is 0. The van der Waals surface area contributed by atoms with Gasteiger partial charge in [-0.05, 0) is 20.8 Å². The van der Waals surface area contributed by atoms with E-state index in [-0.39, 0.29) is 6.04 Å². The molecule has 0 aliphatic heterocycles. The minimum atomic E-state index is 0.128. The molecule has 0 aliphatic rings. The van der Waals surface area contributed by atoms with Gasteiger partial charge in [-0.25, -0.2) is 9.50 Å². The molecule has 98 valence electrons. The number of hydrogen-bond donors (Lipinski definition) is 1. The van der Waals surface area contributed by atoms with Crippen LogP contribution in [0.5, 0.6) is 0 Å². The summed E-state index contributed by atoms with van der Waals surface area (Å²) in [6, 6.07) is 2.10. The summed E-state index contributed by atoms with van der Waals surface area (Å²) in [6.07, 6.45) is 3.62. The van der Waals surface area contributed by atoms with Gasteiger partial charge in [-0.3, -0.25) is 0 Å². The number of anilines is 1. The van der Waals surface area contributed by atoms with Crippen molar-refractivity contribution in [2.75, 3.05) is 5.32 Å². The molecular weight excluding hydrogens is 260 g/mol. The van der Waals surface area contributed by atoms with Crippen molar-refractivity contribution in [3.8, 4) is 0 Å². The third-order valence-corrected chi connectivity index (χ3v) is 3.67. The number of fused-ring (bicyclic) bond motifs is 1. The molecule has 7 heteroatoms. The van der Waals surface area contributed by atoms with Crippen molar-refractivity contribution in [3.05, 3.63) is 35.4 Å². The first kappa shape index (κ1) is 12.0. The second-order valence-electron chi connectivity index (χ2n) is 4.50. The van der Waals surface area contributed by atoms with E-state index in [1.165, 1.54) is 11.5 Å². The van der Waals surface area contributed by atoms with Crippen molar-refractivity contribution in [3.63, 3.8) is 0 Å². The smallest absolute Gasteiger partial charge is 0.155 e. The minimum absolute atomic E-state index is 0.128. The molecular formula is C12H14N6S. The molecule has 19 heavy (non-hydrogen) atoms. The molecule has 3 rings (SSSR count). The molecule has 0 fully saturated rings. The van der Waals surface area contributed by atoms with E-state index < -0.39 is 0 Å². The maximum Gasteiger partial charge on any atom is 0.155 e. The van der Waals surface area contributed by atoms with Crippen molar-refractivity contribution >= 4 is 22.2 Å². The first-order chi connectivity index (χ1) is 9.15. The summed E-state index contributed by atoms with van der Waals surface area (Å²) in [5.41, 5.74) is 4.06. The van der Waals surface area contributed by atoms with Crippen molar-refractivity contribution in [2.24, 2.45) is 0 Å². The van der Waals surface area contributed by atoms with Gasteiger partial charge in [-0.2, -0.15) is 5.10 Å². The molecule has 6 nitrogen and oxygen atoms in total. The van der Waals surface area contributed by atoms with Gasteiger partial charge in [0, 0.05) is 35.1 Å². The van der Waals surface area contributed by atoms with Crippen LogP contribution in [0, 0.1) is 13.8 Å². The van der Waals surface area contributed by atoms with E-state index in [0.717, 1.165) is 27.6 Å². The highest BCUT2D eigenvalue weighted by Gasteiger charge is 2.13. The van der Waals surface area contributed by atoms with Gasteiger partial charge in [0.1, 0.15) is 5.00 Å². The average molecular weight is 274 g/mol. The molecule has 0 radical (unpaired) electrons. The largest absolute Gasteiger partial charge is 0.368 e. The fourth-order valence-electron chi connectivity index (χ4n) is 2.12.